The van der Waals surface area contributed by atoms with Crippen LogP contribution in [0, 0.1) is 5.92 Å². The van der Waals surface area contributed by atoms with Gasteiger partial charge in [0.25, 0.3) is 0 Å². The maximum atomic E-state index is 12.6. The molecule has 1 aromatic rings. The molecule has 1 amide bonds. The number of nitrogens with one attached hydrogen (secondary N) is 1. The molecule has 150 valence electrons. The number of carbonyl (C=O) groups excluding carboxylic acids is 1. The van der Waals surface area contributed by atoms with Crippen LogP contribution in [0.15, 0.2) is 6.07 Å². The Bertz CT molecular complexity index is 621. The summed E-state index contributed by atoms with van der Waals surface area (Å²) in [6.45, 7) is 2.57. The zero-order valence-electron chi connectivity index (χ0n) is 17.2. The summed E-state index contributed by atoms with van der Waals surface area (Å²) in [5, 5.41) is 3.45. The Labute approximate surface area is 163 Å². The second-order valence-corrected chi connectivity index (χ2v) is 8.45. The molecule has 0 bridgehead atoms. The van der Waals surface area contributed by atoms with Gasteiger partial charge >= 0.3 is 0 Å². The summed E-state index contributed by atoms with van der Waals surface area (Å²) in [6, 6.07) is 2.01. The van der Waals surface area contributed by atoms with E-state index in [2.05, 4.69) is 5.32 Å². The van der Waals surface area contributed by atoms with Crippen LogP contribution in [0.2, 0.25) is 0 Å². The van der Waals surface area contributed by atoms with E-state index in [1.165, 1.54) is 25.7 Å². The molecular formula is C21H35N5O. The van der Waals surface area contributed by atoms with Crippen LogP contribution < -0.4 is 10.2 Å². The average Bonchev–Trinajstić information content (AvgIpc) is 3.20. The van der Waals surface area contributed by atoms with Crippen molar-refractivity contribution in [2.75, 3.05) is 39.1 Å². The lowest BCUT2D eigenvalue weighted by molar-refractivity contribution is -0.130. The van der Waals surface area contributed by atoms with Gasteiger partial charge in [0, 0.05) is 46.1 Å². The molecule has 6 nitrogen and oxygen atoms in total. The number of nitrogens with zero attached hydrogens (tertiary/aromatic N) is 4. The fourth-order valence-corrected chi connectivity index (χ4v) is 4.22. The number of amides is 1. The molecule has 2 fully saturated rings. The van der Waals surface area contributed by atoms with E-state index >= 15 is 0 Å². The van der Waals surface area contributed by atoms with Crippen molar-refractivity contribution in [3.8, 4) is 0 Å². The van der Waals surface area contributed by atoms with Gasteiger partial charge in [0.1, 0.15) is 11.6 Å². The van der Waals surface area contributed by atoms with E-state index in [-0.39, 0.29) is 5.91 Å². The molecule has 6 heteroatoms. The first-order valence-electron chi connectivity index (χ1n) is 10.5. The molecule has 1 saturated carbocycles. The molecular weight excluding hydrogens is 338 g/mol. The van der Waals surface area contributed by atoms with Gasteiger partial charge in [-0.2, -0.15) is 0 Å². The molecule has 1 atom stereocenters. The average molecular weight is 374 g/mol. The van der Waals surface area contributed by atoms with Crippen molar-refractivity contribution in [1.82, 2.24) is 20.2 Å². The number of hydrogen-bond donors (Lipinski definition) is 1. The number of anilines is 1. The first kappa shape index (κ1) is 20.1. The predicted molar refractivity (Wildman–Crippen MR) is 109 cm³/mol. The minimum atomic E-state index is 0.229. The Morgan fingerprint density at radius 3 is 2.59 bits per heavy atom. The van der Waals surface area contributed by atoms with E-state index in [4.69, 9.17) is 9.97 Å². The van der Waals surface area contributed by atoms with E-state index in [9.17, 15) is 4.79 Å². The van der Waals surface area contributed by atoms with Crippen molar-refractivity contribution >= 4 is 11.7 Å². The van der Waals surface area contributed by atoms with Crippen LogP contribution in [0.1, 0.15) is 68.8 Å². The number of piperidine rings is 1. The lowest BCUT2D eigenvalue weighted by Gasteiger charge is -2.24. The van der Waals surface area contributed by atoms with Crippen molar-refractivity contribution < 1.29 is 4.79 Å². The molecule has 1 saturated heterocycles. The van der Waals surface area contributed by atoms with Crippen LogP contribution in [0.4, 0.5) is 5.82 Å². The Balaban J connectivity index is 1.64. The fourth-order valence-electron chi connectivity index (χ4n) is 4.22. The largest absolute Gasteiger partial charge is 0.363 e. The molecule has 0 spiro atoms. The lowest BCUT2D eigenvalue weighted by atomic mass is 9.98. The molecule has 0 radical (unpaired) electrons. The predicted octanol–water partition coefficient (Wildman–Crippen LogP) is 2.94. The maximum absolute atomic E-state index is 12.6. The standard InChI is InChI=1S/C21H35N5O/c1-25(2)19-13-18(23-21(24-19)17-9-6-12-22-14-17)15-26(3)20(27)11-10-16-7-4-5-8-16/h13,16-17,22H,4-12,14-15H2,1-3H3/t17-/m0/s1. The minimum absolute atomic E-state index is 0.229. The molecule has 27 heavy (non-hydrogen) atoms. The van der Waals surface area contributed by atoms with Gasteiger partial charge < -0.3 is 15.1 Å². The molecule has 1 aromatic heterocycles. The van der Waals surface area contributed by atoms with Crippen molar-refractivity contribution in [3.63, 3.8) is 0 Å². The zero-order chi connectivity index (χ0) is 19.2. The molecule has 1 aliphatic heterocycles. The molecule has 2 heterocycles. The highest BCUT2D eigenvalue weighted by Gasteiger charge is 2.21. The molecule has 1 N–H and O–H groups in total. The highest BCUT2D eigenvalue weighted by molar-refractivity contribution is 5.75. The van der Waals surface area contributed by atoms with E-state index in [1.54, 1.807) is 0 Å². The van der Waals surface area contributed by atoms with Gasteiger partial charge in [0.15, 0.2) is 0 Å². The van der Waals surface area contributed by atoms with Crippen LogP contribution in [-0.2, 0) is 11.3 Å². The topological polar surface area (TPSA) is 61.4 Å². The van der Waals surface area contributed by atoms with Crippen LogP contribution >= 0.6 is 0 Å². The summed E-state index contributed by atoms with van der Waals surface area (Å²) >= 11 is 0. The van der Waals surface area contributed by atoms with Gasteiger partial charge in [-0.3, -0.25) is 4.79 Å². The first-order valence-corrected chi connectivity index (χ1v) is 10.5. The second kappa shape index (κ2) is 9.49. The first-order chi connectivity index (χ1) is 13.0. The van der Waals surface area contributed by atoms with Crippen molar-refractivity contribution in [2.24, 2.45) is 5.92 Å². The fraction of sp³-hybridized carbons (Fsp3) is 0.762. The van der Waals surface area contributed by atoms with Gasteiger partial charge in [-0.05, 0) is 31.7 Å². The van der Waals surface area contributed by atoms with Crippen molar-refractivity contribution in [3.05, 3.63) is 17.6 Å². The number of aromatic nitrogens is 2. The quantitative estimate of drug-likeness (QED) is 0.796. The second-order valence-electron chi connectivity index (χ2n) is 8.45. The molecule has 3 rings (SSSR count). The van der Waals surface area contributed by atoms with E-state index in [0.717, 1.165) is 55.6 Å². The Morgan fingerprint density at radius 1 is 1.15 bits per heavy atom. The van der Waals surface area contributed by atoms with E-state index in [0.29, 0.717) is 18.9 Å². The monoisotopic (exact) mass is 373 g/mol. The third kappa shape index (κ3) is 5.64. The summed E-state index contributed by atoms with van der Waals surface area (Å²) in [4.78, 5) is 26.0. The summed E-state index contributed by atoms with van der Waals surface area (Å²) in [5.74, 6) is 3.18. The van der Waals surface area contributed by atoms with Crippen LogP contribution in [-0.4, -0.2) is 55.0 Å². The summed E-state index contributed by atoms with van der Waals surface area (Å²) in [5.41, 5.74) is 0.936. The summed E-state index contributed by atoms with van der Waals surface area (Å²) < 4.78 is 0. The maximum Gasteiger partial charge on any atom is 0.222 e. The minimum Gasteiger partial charge on any atom is -0.363 e. The Kier molecular flexibility index (Phi) is 7.05. The van der Waals surface area contributed by atoms with Crippen LogP contribution in [0.25, 0.3) is 0 Å². The highest BCUT2D eigenvalue weighted by Crippen LogP contribution is 2.29. The number of hydrogen-bond acceptors (Lipinski definition) is 5. The van der Waals surface area contributed by atoms with Gasteiger partial charge in [0.05, 0.1) is 12.2 Å². The molecule has 2 aliphatic rings. The van der Waals surface area contributed by atoms with Gasteiger partial charge in [-0.15, -0.1) is 0 Å². The van der Waals surface area contributed by atoms with E-state index < -0.39 is 0 Å². The molecule has 1 aliphatic carbocycles. The van der Waals surface area contributed by atoms with Gasteiger partial charge in [-0.1, -0.05) is 25.7 Å². The van der Waals surface area contributed by atoms with Crippen molar-refractivity contribution in [1.29, 1.82) is 0 Å². The van der Waals surface area contributed by atoms with Crippen LogP contribution in [0.5, 0.6) is 0 Å². The summed E-state index contributed by atoms with van der Waals surface area (Å²) in [7, 11) is 5.91. The Hall–Kier alpha value is -1.69. The number of carbonyl (C=O) groups is 1. The molecule has 0 unspecified atom stereocenters. The van der Waals surface area contributed by atoms with Gasteiger partial charge in [-0.25, -0.2) is 9.97 Å². The normalized spacial score (nSPS) is 20.6. The van der Waals surface area contributed by atoms with Crippen molar-refractivity contribution in [2.45, 2.75) is 63.8 Å². The van der Waals surface area contributed by atoms with Crippen LogP contribution in [0.3, 0.4) is 0 Å². The third-order valence-corrected chi connectivity index (χ3v) is 5.97. The highest BCUT2D eigenvalue weighted by atomic mass is 16.2. The zero-order valence-corrected chi connectivity index (χ0v) is 17.2. The smallest absolute Gasteiger partial charge is 0.222 e. The molecule has 0 aromatic carbocycles. The third-order valence-electron chi connectivity index (χ3n) is 5.97. The Morgan fingerprint density at radius 2 is 1.93 bits per heavy atom. The summed E-state index contributed by atoms with van der Waals surface area (Å²) in [6.07, 6.45) is 9.25. The van der Waals surface area contributed by atoms with E-state index in [1.807, 2.05) is 37.0 Å². The van der Waals surface area contributed by atoms with Gasteiger partial charge in [0.2, 0.25) is 5.91 Å². The SMILES string of the molecule is CN(Cc1cc(N(C)C)nc([C@H]2CCCNC2)n1)C(=O)CCC1CCCC1. The number of rotatable bonds is 7. The lowest BCUT2D eigenvalue weighted by Crippen LogP contribution is -2.31.